The smallest absolute Gasteiger partial charge is 0.242 e. The van der Waals surface area contributed by atoms with Gasteiger partial charge in [-0.3, -0.25) is 28.9 Å². The van der Waals surface area contributed by atoms with Crippen molar-refractivity contribution in [1.82, 2.24) is 20.9 Å². The average Bonchev–Trinajstić information content (AvgIpc) is 2.76. The van der Waals surface area contributed by atoms with Crippen molar-refractivity contribution in [2.75, 3.05) is 20.6 Å². The van der Waals surface area contributed by atoms with Gasteiger partial charge in [-0.25, -0.2) is 0 Å². The summed E-state index contributed by atoms with van der Waals surface area (Å²) in [4.78, 5) is 73.4. The number of nitrogens with two attached hydrogens (primary N) is 1. The number of rotatable bonds is 17. The standard InChI is InChI=1S/C23H41N5O6/c1-14(12-19(30)17(4)28(6)11-9-7-8-10-15(2)29)21(32)26-16(3)22(33)27-18(13-20(24)31)23(34)25-5/h14,16-18H,7-13H2,1-6H3,(H2,24,31)(H,25,34)(H,26,32)(H,27,33)/t14-,16+,17+,18-/m0/s1. The van der Waals surface area contributed by atoms with Crippen molar-refractivity contribution in [3.8, 4) is 0 Å². The number of likely N-dealkylation sites (N-methyl/N-ethyl adjacent to an activating group) is 2. The Morgan fingerprint density at radius 3 is 2.00 bits per heavy atom. The summed E-state index contributed by atoms with van der Waals surface area (Å²) < 4.78 is 0. The first-order valence-electron chi connectivity index (χ1n) is 11.6. The lowest BCUT2D eigenvalue weighted by molar-refractivity contribution is -0.134. The third kappa shape index (κ3) is 12.4. The highest BCUT2D eigenvalue weighted by molar-refractivity contribution is 5.95. The molecule has 0 saturated carbocycles. The topological polar surface area (TPSA) is 168 Å². The second-order valence-corrected chi connectivity index (χ2v) is 8.82. The van der Waals surface area contributed by atoms with Crippen molar-refractivity contribution in [3.05, 3.63) is 0 Å². The Balaban J connectivity index is 4.63. The van der Waals surface area contributed by atoms with Crippen LogP contribution in [0.3, 0.4) is 0 Å². The number of ketones is 2. The van der Waals surface area contributed by atoms with Crippen LogP contribution in [0.5, 0.6) is 0 Å². The van der Waals surface area contributed by atoms with Gasteiger partial charge in [-0.05, 0) is 47.2 Å². The highest BCUT2D eigenvalue weighted by atomic mass is 16.2. The number of Topliss-reactive ketones (excluding diaryl/α,β-unsaturated/α-hetero) is 2. The number of carbonyl (C=O) groups is 6. The maximum absolute atomic E-state index is 12.6. The minimum atomic E-state index is -1.15. The second kappa shape index (κ2) is 15.9. The van der Waals surface area contributed by atoms with Crippen LogP contribution in [0, 0.1) is 5.92 Å². The lowest BCUT2D eigenvalue weighted by Gasteiger charge is -2.25. The van der Waals surface area contributed by atoms with Crippen LogP contribution in [0.2, 0.25) is 0 Å². The van der Waals surface area contributed by atoms with Crippen molar-refractivity contribution < 1.29 is 28.8 Å². The van der Waals surface area contributed by atoms with E-state index in [0.717, 1.165) is 19.3 Å². The van der Waals surface area contributed by atoms with Gasteiger partial charge in [0.05, 0.1) is 12.5 Å². The van der Waals surface area contributed by atoms with Gasteiger partial charge in [0.15, 0.2) is 0 Å². The Kier molecular flexibility index (Phi) is 14.6. The predicted molar refractivity (Wildman–Crippen MR) is 127 cm³/mol. The lowest BCUT2D eigenvalue weighted by atomic mass is 9.99. The minimum absolute atomic E-state index is 0.0125. The molecule has 0 heterocycles. The van der Waals surface area contributed by atoms with E-state index in [1.807, 2.05) is 11.9 Å². The van der Waals surface area contributed by atoms with Gasteiger partial charge >= 0.3 is 0 Å². The molecule has 34 heavy (non-hydrogen) atoms. The fourth-order valence-corrected chi connectivity index (χ4v) is 3.22. The zero-order valence-electron chi connectivity index (χ0n) is 21.2. The number of primary amides is 1. The lowest BCUT2D eigenvalue weighted by Crippen LogP contribution is -2.54. The molecule has 0 aromatic heterocycles. The maximum Gasteiger partial charge on any atom is 0.242 e. The Labute approximate surface area is 201 Å². The quantitative estimate of drug-likeness (QED) is 0.205. The molecule has 0 aliphatic heterocycles. The van der Waals surface area contributed by atoms with E-state index in [4.69, 9.17) is 5.73 Å². The van der Waals surface area contributed by atoms with Crippen LogP contribution >= 0.6 is 0 Å². The van der Waals surface area contributed by atoms with Gasteiger partial charge < -0.3 is 26.5 Å². The molecule has 0 aliphatic rings. The fraction of sp³-hybridized carbons (Fsp3) is 0.739. The minimum Gasteiger partial charge on any atom is -0.370 e. The van der Waals surface area contributed by atoms with E-state index in [2.05, 4.69) is 16.0 Å². The number of amides is 4. The van der Waals surface area contributed by atoms with Crippen LogP contribution < -0.4 is 21.7 Å². The molecule has 0 unspecified atom stereocenters. The molecule has 0 aliphatic carbocycles. The van der Waals surface area contributed by atoms with E-state index in [9.17, 15) is 28.8 Å². The molecule has 0 aromatic rings. The molecule has 0 bridgehead atoms. The number of nitrogens with one attached hydrogen (secondary N) is 3. The van der Waals surface area contributed by atoms with Gasteiger partial charge in [-0.1, -0.05) is 13.3 Å². The van der Waals surface area contributed by atoms with E-state index >= 15 is 0 Å². The van der Waals surface area contributed by atoms with Crippen molar-refractivity contribution in [2.45, 2.75) is 84.3 Å². The Hall–Kier alpha value is -2.82. The summed E-state index contributed by atoms with van der Waals surface area (Å²) >= 11 is 0. The van der Waals surface area contributed by atoms with E-state index in [1.165, 1.54) is 14.0 Å². The molecule has 11 heteroatoms. The van der Waals surface area contributed by atoms with Gasteiger partial charge in [-0.2, -0.15) is 0 Å². The summed E-state index contributed by atoms with van der Waals surface area (Å²) in [6.07, 6.45) is 2.82. The molecule has 0 fully saturated rings. The zero-order chi connectivity index (χ0) is 26.4. The summed E-state index contributed by atoms with van der Waals surface area (Å²) in [6, 6.07) is -2.50. The van der Waals surface area contributed by atoms with E-state index < -0.39 is 41.6 Å². The van der Waals surface area contributed by atoms with Crippen molar-refractivity contribution in [1.29, 1.82) is 0 Å². The number of hydrogen-bond acceptors (Lipinski definition) is 7. The normalized spacial score (nSPS) is 14.4. The summed E-state index contributed by atoms with van der Waals surface area (Å²) in [5.41, 5.74) is 5.11. The molecule has 4 amide bonds. The molecule has 0 radical (unpaired) electrons. The van der Waals surface area contributed by atoms with E-state index in [-0.39, 0.29) is 30.4 Å². The second-order valence-electron chi connectivity index (χ2n) is 8.82. The zero-order valence-corrected chi connectivity index (χ0v) is 21.2. The Morgan fingerprint density at radius 1 is 0.853 bits per heavy atom. The van der Waals surface area contributed by atoms with Gasteiger partial charge in [0.1, 0.15) is 23.7 Å². The molecule has 0 rings (SSSR count). The maximum atomic E-state index is 12.6. The first kappa shape index (κ1) is 31.2. The summed E-state index contributed by atoms with van der Waals surface area (Å²) in [5.74, 6) is -3.04. The van der Waals surface area contributed by atoms with Crippen LogP contribution in [0.4, 0.5) is 0 Å². The van der Waals surface area contributed by atoms with Gasteiger partial charge in [-0.15, -0.1) is 0 Å². The SMILES string of the molecule is CNC(=O)[C@H](CC(N)=O)NC(=O)[C@@H](C)NC(=O)[C@@H](C)CC(=O)[C@@H](C)N(C)CCCCCC(C)=O. The number of carbonyl (C=O) groups excluding carboxylic acids is 6. The number of nitrogens with zero attached hydrogens (tertiary/aromatic N) is 1. The largest absolute Gasteiger partial charge is 0.370 e. The van der Waals surface area contributed by atoms with E-state index in [0.29, 0.717) is 13.0 Å². The molecule has 194 valence electrons. The Bertz CT molecular complexity index is 741. The Morgan fingerprint density at radius 2 is 1.47 bits per heavy atom. The van der Waals surface area contributed by atoms with Crippen molar-refractivity contribution in [2.24, 2.45) is 11.7 Å². The van der Waals surface area contributed by atoms with Crippen LogP contribution in [0.15, 0.2) is 0 Å². The average molecular weight is 484 g/mol. The van der Waals surface area contributed by atoms with Gasteiger partial charge in [0.2, 0.25) is 23.6 Å². The van der Waals surface area contributed by atoms with Crippen molar-refractivity contribution in [3.63, 3.8) is 0 Å². The van der Waals surface area contributed by atoms with Crippen LogP contribution in [-0.2, 0) is 28.8 Å². The number of unbranched alkanes of at least 4 members (excludes halogenated alkanes) is 2. The van der Waals surface area contributed by atoms with E-state index in [1.54, 1.807) is 20.8 Å². The highest BCUT2D eigenvalue weighted by Crippen LogP contribution is 2.11. The van der Waals surface area contributed by atoms with Crippen molar-refractivity contribution >= 4 is 35.2 Å². The van der Waals surface area contributed by atoms with Gasteiger partial charge in [0.25, 0.3) is 0 Å². The predicted octanol–water partition coefficient (Wildman–Crippen LogP) is -0.338. The third-order valence-corrected chi connectivity index (χ3v) is 5.66. The van der Waals surface area contributed by atoms with Crippen LogP contribution in [0.25, 0.3) is 0 Å². The number of hydrogen-bond donors (Lipinski definition) is 4. The summed E-state index contributed by atoms with van der Waals surface area (Å²) in [7, 11) is 3.21. The third-order valence-electron chi connectivity index (χ3n) is 5.66. The van der Waals surface area contributed by atoms with Gasteiger partial charge in [0, 0.05) is 25.8 Å². The fourth-order valence-electron chi connectivity index (χ4n) is 3.22. The molecule has 0 aromatic carbocycles. The molecule has 4 atom stereocenters. The molecular formula is C23H41N5O6. The van der Waals surface area contributed by atoms with Crippen LogP contribution in [0.1, 0.15) is 66.2 Å². The summed E-state index contributed by atoms with van der Waals surface area (Å²) in [6.45, 7) is 7.11. The first-order chi connectivity index (χ1) is 15.8. The monoisotopic (exact) mass is 483 g/mol. The molecular weight excluding hydrogens is 442 g/mol. The highest BCUT2D eigenvalue weighted by Gasteiger charge is 2.28. The first-order valence-corrected chi connectivity index (χ1v) is 11.6. The summed E-state index contributed by atoms with van der Waals surface area (Å²) in [5, 5.41) is 7.26. The molecule has 0 spiro atoms. The molecule has 0 saturated heterocycles. The van der Waals surface area contributed by atoms with Crippen LogP contribution in [-0.4, -0.2) is 78.9 Å². The molecule has 5 N–H and O–H groups in total. The molecule has 11 nitrogen and oxygen atoms in total.